The van der Waals surface area contributed by atoms with Crippen LogP contribution in [-0.4, -0.2) is 48.2 Å². The quantitative estimate of drug-likeness (QED) is 0.651. The summed E-state index contributed by atoms with van der Waals surface area (Å²) >= 11 is 0. The van der Waals surface area contributed by atoms with Crippen molar-refractivity contribution in [3.63, 3.8) is 0 Å². The van der Waals surface area contributed by atoms with Crippen molar-refractivity contribution in [2.45, 2.75) is 58.0 Å². The lowest BCUT2D eigenvalue weighted by molar-refractivity contribution is -0.145. The maximum atomic E-state index is 11.5. The third-order valence-corrected chi connectivity index (χ3v) is 3.38. The van der Waals surface area contributed by atoms with Crippen LogP contribution >= 0.6 is 0 Å². The van der Waals surface area contributed by atoms with Crippen LogP contribution in [0.4, 0.5) is 0 Å². The van der Waals surface area contributed by atoms with E-state index in [9.17, 15) is 9.90 Å². The van der Waals surface area contributed by atoms with Crippen LogP contribution in [0.2, 0.25) is 0 Å². The van der Waals surface area contributed by atoms with Gasteiger partial charge in [0.05, 0.1) is 0 Å². The molecule has 0 aliphatic heterocycles. The first kappa shape index (κ1) is 16.4. The largest absolute Gasteiger partial charge is 0.480 e. The van der Waals surface area contributed by atoms with Gasteiger partial charge in [-0.25, -0.2) is 0 Å². The highest BCUT2D eigenvalue weighted by Crippen LogP contribution is 2.20. The Morgan fingerprint density at radius 3 is 2.06 bits per heavy atom. The number of likely N-dealkylation sites (N-methyl/N-ethyl adjacent to an activating group) is 1. The first-order valence-corrected chi connectivity index (χ1v) is 6.54. The molecule has 4 heteroatoms. The molecule has 0 saturated heterocycles. The molecule has 0 rings (SSSR count). The van der Waals surface area contributed by atoms with Gasteiger partial charge in [0.25, 0.3) is 0 Å². The van der Waals surface area contributed by atoms with E-state index >= 15 is 0 Å². The summed E-state index contributed by atoms with van der Waals surface area (Å²) in [7, 11) is 4.02. The van der Waals surface area contributed by atoms with Gasteiger partial charge in [-0.3, -0.25) is 4.79 Å². The molecule has 17 heavy (non-hydrogen) atoms. The summed E-state index contributed by atoms with van der Waals surface area (Å²) in [5, 5.41) is 12.7. The van der Waals surface area contributed by atoms with Gasteiger partial charge in [0.1, 0.15) is 5.54 Å². The lowest BCUT2D eigenvalue weighted by Crippen LogP contribution is -2.55. The number of aliphatic carboxylic acids is 1. The van der Waals surface area contributed by atoms with Gasteiger partial charge in [-0.05, 0) is 33.9 Å². The third-order valence-electron chi connectivity index (χ3n) is 3.38. The Hall–Kier alpha value is -0.610. The summed E-state index contributed by atoms with van der Waals surface area (Å²) in [6.45, 7) is 6.87. The molecule has 0 aromatic rings. The van der Waals surface area contributed by atoms with E-state index in [4.69, 9.17) is 0 Å². The zero-order chi connectivity index (χ0) is 13.5. The van der Waals surface area contributed by atoms with E-state index < -0.39 is 11.5 Å². The molecule has 0 bridgehead atoms. The Balaban J connectivity index is 4.61. The lowest BCUT2D eigenvalue weighted by atomic mass is 9.88. The Labute approximate surface area is 105 Å². The van der Waals surface area contributed by atoms with E-state index in [1.165, 1.54) is 0 Å². The van der Waals surface area contributed by atoms with E-state index in [2.05, 4.69) is 17.1 Å². The lowest BCUT2D eigenvalue weighted by Gasteiger charge is -2.33. The first-order valence-electron chi connectivity index (χ1n) is 6.54. The van der Waals surface area contributed by atoms with Gasteiger partial charge < -0.3 is 15.3 Å². The van der Waals surface area contributed by atoms with E-state index in [1.54, 1.807) is 0 Å². The molecule has 4 nitrogen and oxygen atoms in total. The fraction of sp³-hybridized carbons (Fsp3) is 0.923. The van der Waals surface area contributed by atoms with Crippen LogP contribution < -0.4 is 5.32 Å². The van der Waals surface area contributed by atoms with Crippen molar-refractivity contribution in [1.29, 1.82) is 0 Å². The zero-order valence-electron chi connectivity index (χ0n) is 11.9. The van der Waals surface area contributed by atoms with E-state index in [0.717, 1.165) is 12.8 Å². The molecular formula is C13H28N2O2. The molecule has 1 unspecified atom stereocenters. The van der Waals surface area contributed by atoms with Crippen molar-refractivity contribution in [1.82, 2.24) is 10.2 Å². The summed E-state index contributed by atoms with van der Waals surface area (Å²) in [5.74, 6) is -0.716. The van der Waals surface area contributed by atoms with E-state index in [-0.39, 0.29) is 0 Å². The predicted molar refractivity (Wildman–Crippen MR) is 71.3 cm³/mol. The number of nitrogens with one attached hydrogen (secondary N) is 1. The molecule has 2 N–H and O–H groups in total. The molecule has 0 aromatic heterocycles. The van der Waals surface area contributed by atoms with Crippen molar-refractivity contribution < 1.29 is 9.90 Å². The molecule has 0 amide bonds. The predicted octanol–water partition coefficient (Wildman–Crippen LogP) is 1.95. The van der Waals surface area contributed by atoms with Crippen LogP contribution in [0.3, 0.4) is 0 Å². The number of hydrogen-bond acceptors (Lipinski definition) is 3. The van der Waals surface area contributed by atoms with Crippen LogP contribution in [0.5, 0.6) is 0 Å². The van der Waals surface area contributed by atoms with Crippen LogP contribution in [0.25, 0.3) is 0 Å². The number of carboxylic acids is 1. The second-order valence-corrected chi connectivity index (χ2v) is 5.08. The Morgan fingerprint density at radius 2 is 1.76 bits per heavy atom. The van der Waals surface area contributed by atoms with Crippen LogP contribution in [-0.2, 0) is 4.79 Å². The number of rotatable bonds is 9. The molecule has 0 saturated carbocycles. The SMILES string of the molecule is CCCC(CCC)(NCC(C)N(C)C)C(=O)O. The Kier molecular flexibility index (Phi) is 7.39. The van der Waals surface area contributed by atoms with Crippen LogP contribution in [0, 0.1) is 0 Å². The second kappa shape index (κ2) is 7.67. The fourth-order valence-electron chi connectivity index (χ4n) is 1.97. The van der Waals surface area contributed by atoms with Gasteiger partial charge in [-0.15, -0.1) is 0 Å². The highest BCUT2D eigenvalue weighted by molar-refractivity contribution is 5.78. The highest BCUT2D eigenvalue weighted by atomic mass is 16.4. The van der Waals surface area contributed by atoms with Gasteiger partial charge in [-0.2, -0.15) is 0 Å². The first-order chi connectivity index (χ1) is 7.89. The number of nitrogens with zero attached hydrogens (tertiary/aromatic N) is 1. The third kappa shape index (κ3) is 5.04. The van der Waals surface area contributed by atoms with Crippen molar-refractivity contribution in [3.05, 3.63) is 0 Å². The minimum absolute atomic E-state index is 0.336. The minimum atomic E-state index is -0.742. The van der Waals surface area contributed by atoms with E-state index in [1.807, 2.05) is 27.9 Å². The number of hydrogen-bond donors (Lipinski definition) is 2. The van der Waals surface area contributed by atoms with Crippen LogP contribution in [0.15, 0.2) is 0 Å². The molecule has 0 radical (unpaired) electrons. The topological polar surface area (TPSA) is 52.6 Å². The van der Waals surface area contributed by atoms with Crippen molar-refractivity contribution in [2.75, 3.05) is 20.6 Å². The second-order valence-electron chi connectivity index (χ2n) is 5.08. The maximum absolute atomic E-state index is 11.5. The Bertz CT molecular complexity index is 223. The molecule has 0 aliphatic carbocycles. The number of carboxylic acid groups (broad SMARTS) is 1. The van der Waals surface area contributed by atoms with Crippen molar-refractivity contribution in [3.8, 4) is 0 Å². The van der Waals surface area contributed by atoms with Crippen molar-refractivity contribution in [2.24, 2.45) is 0 Å². The summed E-state index contributed by atoms with van der Waals surface area (Å²) in [4.78, 5) is 13.6. The van der Waals surface area contributed by atoms with E-state index in [0.29, 0.717) is 25.4 Å². The van der Waals surface area contributed by atoms with Gasteiger partial charge in [0.2, 0.25) is 0 Å². The van der Waals surface area contributed by atoms with Gasteiger partial charge in [0, 0.05) is 12.6 Å². The summed E-state index contributed by atoms with van der Waals surface area (Å²) in [6.07, 6.45) is 3.15. The molecule has 1 atom stereocenters. The average Bonchev–Trinajstić information content (AvgIpc) is 2.25. The average molecular weight is 244 g/mol. The van der Waals surface area contributed by atoms with Gasteiger partial charge in [0.15, 0.2) is 0 Å². The molecular weight excluding hydrogens is 216 g/mol. The smallest absolute Gasteiger partial charge is 0.323 e. The van der Waals surface area contributed by atoms with Crippen LogP contribution in [0.1, 0.15) is 46.5 Å². The maximum Gasteiger partial charge on any atom is 0.323 e. The molecule has 102 valence electrons. The highest BCUT2D eigenvalue weighted by Gasteiger charge is 2.36. The monoisotopic (exact) mass is 244 g/mol. The molecule has 0 aliphatic rings. The Morgan fingerprint density at radius 1 is 1.29 bits per heavy atom. The zero-order valence-corrected chi connectivity index (χ0v) is 11.9. The van der Waals surface area contributed by atoms with Gasteiger partial charge in [-0.1, -0.05) is 26.7 Å². The minimum Gasteiger partial charge on any atom is -0.480 e. The molecule has 0 heterocycles. The summed E-state index contributed by atoms with van der Waals surface area (Å²) in [5.41, 5.74) is -0.742. The number of carbonyl (C=O) groups is 1. The fourth-order valence-corrected chi connectivity index (χ4v) is 1.97. The normalized spacial score (nSPS) is 14.0. The molecule has 0 fully saturated rings. The summed E-state index contributed by atoms with van der Waals surface area (Å²) in [6, 6.07) is 0.336. The summed E-state index contributed by atoms with van der Waals surface area (Å²) < 4.78 is 0. The molecule has 0 spiro atoms. The standard InChI is InChI=1S/C13H28N2O2/c1-6-8-13(9-7-2,12(16)17)14-10-11(3)15(4)5/h11,14H,6-10H2,1-5H3,(H,16,17). The van der Waals surface area contributed by atoms with Crippen molar-refractivity contribution >= 4 is 5.97 Å². The molecule has 0 aromatic carbocycles. The van der Waals surface area contributed by atoms with Gasteiger partial charge >= 0.3 is 5.97 Å².